The number of nitrogens with zero attached hydrogens (tertiary/aromatic N) is 2. The van der Waals surface area contributed by atoms with Gasteiger partial charge in [0.15, 0.2) is 5.16 Å². The Morgan fingerprint density at radius 1 is 1.55 bits per heavy atom. The number of rotatable bonds is 8. The van der Waals surface area contributed by atoms with Gasteiger partial charge in [0.25, 0.3) is 11.6 Å². The molecule has 0 radical (unpaired) electrons. The van der Waals surface area contributed by atoms with Gasteiger partial charge in [-0.05, 0) is 0 Å². The summed E-state index contributed by atoms with van der Waals surface area (Å²) in [4.78, 5) is 55.6. The van der Waals surface area contributed by atoms with Crippen molar-refractivity contribution >= 4 is 47.4 Å². The fourth-order valence-electron chi connectivity index (χ4n) is 2.92. The molecule has 1 fully saturated rings. The van der Waals surface area contributed by atoms with E-state index in [4.69, 9.17) is 10.5 Å². The topological polar surface area (TPSA) is 177 Å². The number of thioether (sulfide) groups is 2. The Labute approximate surface area is 172 Å². The van der Waals surface area contributed by atoms with Gasteiger partial charge in [-0.15, -0.1) is 11.8 Å². The number of fused-ring (bicyclic) bond motifs is 1. The lowest BCUT2D eigenvalue weighted by molar-refractivity contribution is -0.192. The molecule has 5 N–H and O–H groups in total. The van der Waals surface area contributed by atoms with Crippen LogP contribution in [0.1, 0.15) is 0 Å². The van der Waals surface area contributed by atoms with Crippen LogP contribution in [0.2, 0.25) is 0 Å². The number of amides is 3. The molecule has 0 spiro atoms. The molecule has 2 aliphatic heterocycles. The van der Waals surface area contributed by atoms with E-state index >= 15 is 0 Å². The molecule has 0 unspecified atom stereocenters. The first-order chi connectivity index (χ1) is 13.8. The van der Waals surface area contributed by atoms with Gasteiger partial charge in [-0.1, -0.05) is 11.8 Å². The maximum atomic E-state index is 12.8. The van der Waals surface area contributed by atoms with Crippen molar-refractivity contribution in [1.29, 1.82) is 0 Å². The second-order valence-electron chi connectivity index (χ2n) is 5.87. The average molecular weight is 443 g/mol. The van der Waals surface area contributed by atoms with Crippen molar-refractivity contribution in [3.05, 3.63) is 23.7 Å². The molecule has 1 saturated heterocycles. The Kier molecular flexibility index (Phi) is 6.04. The number of imidazole rings is 1. The van der Waals surface area contributed by atoms with Crippen LogP contribution in [0.15, 0.2) is 28.8 Å². The number of aromatic nitrogens is 2. The number of carbonyl (C=O) groups is 4. The molecule has 0 bridgehead atoms. The van der Waals surface area contributed by atoms with Crippen molar-refractivity contribution in [3.8, 4) is 0 Å². The average Bonchev–Trinajstić information content (AvgIpc) is 3.21. The van der Waals surface area contributed by atoms with Gasteiger partial charge in [-0.25, -0.2) is 14.6 Å². The molecule has 2 aliphatic rings. The molecule has 1 aromatic heterocycles. The fraction of sp³-hybridized carbons (Fsp3) is 0.400. The maximum absolute atomic E-state index is 12.8. The number of H-pyrrole nitrogens is 1. The lowest BCUT2D eigenvalue weighted by Crippen LogP contribution is -2.80. The Balaban J connectivity index is 1.75. The number of methoxy groups -OCH3 is 1. The normalized spacial score (nSPS) is 23.3. The molecule has 3 rings (SSSR count). The number of ether oxygens (including phenoxy) is 2. The summed E-state index contributed by atoms with van der Waals surface area (Å²) in [5, 5.41) is 11.9. The zero-order valence-electron chi connectivity index (χ0n) is 15.0. The SMILES string of the molecule is CO[C@@]1(NC(=O)CSc2ncc[nH]2)C(=O)N2C(C(=O)O)=C(COC(N)=O)CS[C@@H]21. The first kappa shape index (κ1) is 21.0. The van der Waals surface area contributed by atoms with Crippen LogP contribution in [0.3, 0.4) is 0 Å². The van der Waals surface area contributed by atoms with Crippen molar-refractivity contribution in [2.75, 3.05) is 25.2 Å². The lowest BCUT2D eigenvalue weighted by atomic mass is 9.98. The molecule has 29 heavy (non-hydrogen) atoms. The summed E-state index contributed by atoms with van der Waals surface area (Å²) in [7, 11) is 1.26. The number of nitrogens with one attached hydrogen (secondary N) is 2. The van der Waals surface area contributed by atoms with Gasteiger partial charge in [0.05, 0.1) is 5.75 Å². The van der Waals surface area contributed by atoms with Gasteiger partial charge in [0, 0.05) is 30.8 Å². The van der Waals surface area contributed by atoms with Crippen molar-refractivity contribution < 1.29 is 33.8 Å². The Hall–Kier alpha value is -2.71. The van der Waals surface area contributed by atoms with E-state index in [1.165, 1.54) is 18.9 Å². The predicted octanol–water partition coefficient (Wildman–Crippen LogP) is -0.690. The summed E-state index contributed by atoms with van der Waals surface area (Å²) < 4.78 is 10.00. The molecule has 3 amide bonds. The highest BCUT2D eigenvalue weighted by molar-refractivity contribution is 8.00. The molecule has 0 aliphatic carbocycles. The number of carboxylic acids is 1. The van der Waals surface area contributed by atoms with E-state index in [0.29, 0.717) is 5.16 Å². The van der Waals surface area contributed by atoms with Gasteiger partial charge in [0.2, 0.25) is 5.91 Å². The van der Waals surface area contributed by atoms with E-state index in [1.807, 2.05) is 0 Å². The Morgan fingerprint density at radius 3 is 2.90 bits per heavy atom. The third-order valence-corrected chi connectivity index (χ3v) is 6.44. The summed E-state index contributed by atoms with van der Waals surface area (Å²) in [6.07, 6.45) is 2.10. The second kappa shape index (κ2) is 8.34. The summed E-state index contributed by atoms with van der Waals surface area (Å²) in [5.41, 5.74) is 3.14. The summed E-state index contributed by atoms with van der Waals surface area (Å²) >= 11 is 2.31. The molecule has 156 valence electrons. The molecule has 3 heterocycles. The highest BCUT2D eigenvalue weighted by Crippen LogP contribution is 2.46. The Bertz CT molecular complexity index is 874. The Morgan fingerprint density at radius 2 is 2.31 bits per heavy atom. The van der Waals surface area contributed by atoms with E-state index < -0.39 is 35.0 Å². The minimum absolute atomic E-state index is 0.0252. The van der Waals surface area contributed by atoms with Crippen LogP contribution in [0.25, 0.3) is 0 Å². The van der Waals surface area contributed by atoms with Crippen LogP contribution in [0.5, 0.6) is 0 Å². The van der Waals surface area contributed by atoms with Crippen molar-refractivity contribution in [2.24, 2.45) is 5.73 Å². The van der Waals surface area contributed by atoms with Crippen LogP contribution in [0.4, 0.5) is 4.79 Å². The van der Waals surface area contributed by atoms with Gasteiger partial charge in [0.1, 0.15) is 17.7 Å². The van der Waals surface area contributed by atoms with Gasteiger partial charge < -0.3 is 30.6 Å². The number of aliphatic carboxylic acids is 1. The fourth-order valence-corrected chi connectivity index (χ4v) is 4.97. The quantitative estimate of drug-likeness (QED) is 0.228. The predicted molar refractivity (Wildman–Crippen MR) is 100 cm³/mol. The van der Waals surface area contributed by atoms with E-state index in [0.717, 1.165) is 16.7 Å². The third-order valence-electron chi connectivity index (χ3n) is 4.16. The second-order valence-corrected chi connectivity index (χ2v) is 7.91. The van der Waals surface area contributed by atoms with E-state index in [1.54, 1.807) is 12.4 Å². The largest absolute Gasteiger partial charge is 0.477 e. The van der Waals surface area contributed by atoms with Gasteiger partial charge >= 0.3 is 12.1 Å². The van der Waals surface area contributed by atoms with Crippen LogP contribution >= 0.6 is 23.5 Å². The maximum Gasteiger partial charge on any atom is 0.404 e. The van der Waals surface area contributed by atoms with Crippen molar-refractivity contribution in [2.45, 2.75) is 16.3 Å². The number of aromatic amines is 1. The molecule has 14 heteroatoms. The minimum atomic E-state index is -1.69. The van der Waals surface area contributed by atoms with E-state index in [2.05, 4.69) is 20.0 Å². The molecule has 0 saturated carbocycles. The molecular weight excluding hydrogens is 426 g/mol. The number of carbonyl (C=O) groups excluding carboxylic acids is 3. The molecule has 0 aromatic carbocycles. The first-order valence-corrected chi connectivity index (χ1v) is 10.1. The molecule has 2 atom stereocenters. The van der Waals surface area contributed by atoms with Crippen LogP contribution < -0.4 is 11.1 Å². The van der Waals surface area contributed by atoms with Gasteiger partial charge in [-0.2, -0.15) is 0 Å². The highest BCUT2D eigenvalue weighted by atomic mass is 32.2. The number of hydrogen-bond acceptors (Lipinski definition) is 9. The van der Waals surface area contributed by atoms with Crippen LogP contribution in [-0.4, -0.2) is 80.2 Å². The van der Waals surface area contributed by atoms with Crippen molar-refractivity contribution in [3.63, 3.8) is 0 Å². The highest BCUT2D eigenvalue weighted by Gasteiger charge is 2.66. The number of nitrogens with two attached hydrogens (primary N) is 1. The number of primary amides is 1. The zero-order valence-corrected chi connectivity index (χ0v) is 16.7. The summed E-state index contributed by atoms with van der Waals surface area (Å²) in [6.45, 7) is -0.355. The van der Waals surface area contributed by atoms with Crippen LogP contribution in [0, 0.1) is 0 Å². The standard InChI is InChI=1S/C15H17N5O7S2/c1-26-15(19-8(21)6-29-14-17-2-3-18-14)11(24)20-9(10(22)23)7(4-27-13(16)25)5-28-12(15)20/h2-3,12H,4-6H2,1H3,(H2,16,25)(H,17,18)(H,19,21)(H,22,23)/t12-,15+/m1/s1. The monoisotopic (exact) mass is 443 g/mol. The third kappa shape index (κ3) is 3.90. The lowest BCUT2D eigenvalue weighted by Gasteiger charge is -2.55. The molecule has 12 nitrogen and oxygen atoms in total. The molecule has 1 aromatic rings. The minimum Gasteiger partial charge on any atom is -0.477 e. The smallest absolute Gasteiger partial charge is 0.404 e. The number of hydrogen-bond donors (Lipinski definition) is 4. The summed E-state index contributed by atoms with van der Waals surface area (Å²) in [5.74, 6) is -2.46. The van der Waals surface area contributed by atoms with E-state index in [-0.39, 0.29) is 29.4 Å². The van der Waals surface area contributed by atoms with Crippen molar-refractivity contribution in [1.82, 2.24) is 20.2 Å². The number of β-lactam (4-membered cyclic amide) rings is 1. The molecular formula is C15H17N5O7S2. The first-order valence-electron chi connectivity index (χ1n) is 8.11. The number of carboxylic acid groups (broad SMARTS) is 1. The zero-order chi connectivity index (χ0) is 21.2. The van der Waals surface area contributed by atoms with Crippen LogP contribution in [-0.2, 0) is 23.9 Å². The summed E-state index contributed by atoms with van der Waals surface area (Å²) in [6, 6.07) is 0. The van der Waals surface area contributed by atoms with Gasteiger partial charge in [-0.3, -0.25) is 14.5 Å². The van der Waals surface area contributed by atoms with E-state index in [9.17, 15) is 24.3 Å².